The number of para-hydroxylation sites is 1. The minimum absolute atomic E-state index is 0.101. The molecule has 1 atom stereocenters. The van der Waals surface area contributed by atoms with Crippen LogP contribution in [0.3, 0.4) is 0 Å². The van der Waals surface area contributed by atoms with E-state index in [1.54, 1.807) is 23.5 Å². The van der Waals surface area contributed by atoms with Crippen molar-refractivity contribution in [2.75, 3.05) is 6.54 Å². The van der Waals surface area contributed by atoms with Crippen molar-refractivity contribution in [3.05, 3.63) is 45.9 Å². The number of hydrogen-bond donors (Lipinski definition) is 1. The Kier molecular flexibility index (Phi) is 5.64. The van der Waals surface area contributed by atoms with Gasteiger partial charge in [-0.05, 0) is 19.5 Å². The van der Waals surface area contributed by atoms with Gasteiger partial charge in [0.25, 0.3) is 0 Å². The number of aryl methyl sites for hydroxylation is 1. The van der Waals surface area contributed by atoms with Crippen LogP contribution < -0.4 is 10.1 Å². The normalized spacial score (nSPS) is 12.6. The number of rotatable bonds is 7. The number of alkyl halides is 2. The maximum absolute atomic E-state index is 12.5. The summed E-state index contributed by atoms with van der Waals surface area (Å²) in [5.74, 6) is 0.215. The number of benzene rings is 1. The highest BCUT2D eigenvalue weighted by atomic mass is 32.1. The quantitative estimate of drug-likeness (QED) is 0.840. The standard InChI is InChI=1S/C15H18F2N2OS/c1-3-18-12(8-14-19-10(2)9-21-14)11-6-4-5-7-13(11)20-15(16)17/h4-7,9,12,15,18H,3,8H2,1-2H3. The monoisotopic (exact) mass is 312 g/mol. The van der Waals surface area contributed by atoms with E-state index in [9.17, 15) is 8.78 Å². The average molecular weight is 312 g/mol. The van der Waals surface area contributed by atoms with Crippen molar-refractivity contribution in [1.82, 2.24) is 10.3 Å². The number of nitrogens with one attached hydrogen (secondary N) is 1. The predicted octanol–water partition coefficient (Wildman–Crippen LogP) is 3.95. The van der Waals surface area contributed by atoms with Crippen molar-refractivity contribution < 1.29 is 13.5 Å². The average Bonchev–Trinajstić information content (AvgIpc) is 2.84. The molecule has 0 amide bonds. The summed E-state index contributed by atoms with van der Waals surface area (Å²) in [5, 5.41) is 6.28. The Morgan fingerprint density at radius 3 is 2.71 bits per heavy atom. The smallest absolute Gasteiger partial charge is 0.387 e. The first kappa shape index (κ1) is 15.9. The van der Waals surface area contributed by atoms with Crippen LogP contribution in [0.5, 0.6) is 5.75 Å². The van der Waals surface area contributed by atoms with Gasteiger partial charge in [-0.25, -0.2) is 4.98 Å². The number of ether oxygens (including phenoxy) is 1. The molecular weight excluding hydrogens is 294 g/mol. The molecular formula is C15H18F2N2OS. The zero-order valence-electron chi connectivity index (χ0n) is 12.0. The largest absolute Gasteiger partial charge is 0.434 e. The first-order chi connectivity index (χ1) is 10.1. The SMILES string of the molecule is CCNC(Cc1nc(C)cs1)c1ccccc1OC(F)F. The summed E-state index contributed by atoms with van der Waals surface area (Å²) in [6.45, 7) is 1.83. The Morgan fingerprint density at radius 1 is 1.33 bits per heavy atom. The van der Waals surface area contributed by atoms with E-state index in [4.69, 9.17) is 0 Å². The first-order valence-corrected chi connectivity index (χ1v) is 7.66. The second-order valence-corrected chi connectivity index (χ2v) is 5.56. The second kappa shape index (κ2) is 7.47. The van der Waals surface area contributed by atoms with E-state index < -0.39 is 6.61 Å². The molecule has 0 saturated carbocycles. The van der Waals surface area contributed by atoms with Crippen LogP contribution >= 0.6 is 11.3 Å². The van der Waals surface area contributed by atoms with Crippen LogP contribution in [0.25, 0.3) is 0 Å². The molecule has 0 saturated heterocycles. The lowest BCUT2D eigenvalue weighted by Crippen LogP contribution is -2.24. The molecule has 1 unspecified atom stereocenters. The van der Waals surface area contributed by atoms with Crippen molar-refractivity contribution in [3.8, 4) is 5.75 Å². The van der Waals surface area contributed by atoms with E-state index >= 15 is 0 Å². The van der Waals surface area contributed by atoms with Crippen molar-refractivity contribution in [1.29, 1.82) is 0 Å². The van der Waals surface area contributed by atoms with Crippen molar-refractivity contribution in [3.63, 3.8) is 0 Å². The third-order valence-corrected chi connectivity index (χ3v) is 4.00. The molecule has 2 rings (SSSR count). The minimum Gasteiger partial charge on any atom is -0.434 e. The Morgan fingerprint density at radius 2 is 2.10 bits per heavy atom. The van der Waals surface area contributed by atoms with Crippen LogP contribution in [0.4, 0.5) is 8.78 Å². The highest BCUT2D eigenvalue weighted by molar-refractivity contribution is 7.09. The summed E-state index contributed by atoms with van der Waals surface area (Å²) in [5.41, 5.74) is 1.70. The van der Waals surface area contributed by atoms with Gasteiger partial charge in [-0.15, -0.1) is 11.3 Å². The molecule has 1 aromatic carbocycles. The Labute approximate surface area is 127 Å². The van der Waals surface area contributed by atoms with Crippen LogP contribution in [0.2, 0.25) is 0 Å². The van der Waals surface area contributed by atoms with Crippen LogP contribution in [-0.4, -0.2) is 18.1 Å². The molecule has 1 aromatic heterocycles. The van der Waals surface area contributed by atoms with Crippen LogP contribution in [0.15, 0.2) is 29.6 Å². The molecule has 1 N–H and O–H groups in total. The molecule has 0 bridgehead atoms. The van der Waals surface area contributed by atoms with E-state index in [1.807, 2.05) is 31.4 Å². The summed E-state index contributed by atoms with van der Waals surface area (Å²) in [6.07, 6.45) is 0.649. The number of likely N-dealkylation sites (N-methyl/N-ethyl adjacent to an activating group) is 1. The minimum atomic E-state index is -2.82. The summed E-state index contributed by atoms with van der Waals surface area (Å²) in [4.78, 5) is 4.44. The van der Waals surface area contributed by atoms with Crippen molar-refractivity contribution >= 4 is 11.3 Å². The Hall–Kier alpha value is -1.53. The van der Waals surface area contributed by atoms with Gasteiger partial charge in [-0.3, -0.25) is 0 Å². The predicted molar refractivity (Wildman–Crippen MR) is 80.0 cm³/mol. The van der Waals surface area contributed by atoms with E-state index in [1.165, 1.54) is 0 Å². The number of hydrogen-bond acceptors (Lipinski definition) is 4. The third kappa shape index (κ3) is 4.47. The molecule has 2 aromatic rings. The van der Waals surface area contributed by atoms with Gasteiger partial charge in [0.05, 0.1) is 5.01 Å². The fourth-order valence-electron chi connectivity index (χ4n) is 2.18. The number of thiazole rings is 1. The molecule has 1 heterocycles. The van der Waals surface area contributed by atoms with E-state index in [0.29, 0.717) is 6.42 Å². The summed E-state index contributed by atoms with van der Waals surface area (Å²) in [6, 6.07) is 6.79. The Bertz CT molecular complexity index is 574. The molecule has 0 fully saturated rings. The van der Waals surface area contributed by atoms with Crippen molar-refractivity contribution in [2.45, 2.75) is 32.9 Å². The van der Waals surface area contributed by atoms with Gasteiger partial charge >= 0.3 is 6.61 Å². The zero-order chi connectivity index (χ0) is 15.2. The van der Waals surface area contributed by atoms with E-state index in [2.05, 4.69) is 15.0 Å². The molecule has 0 spiro atoms. The third-order valence-electron chi connectivity index (χ3n) is 3.01. The first-order valence-electron chi connectivity index (χ1n) is 6.78. The van der Waals surface area contributed by atoms with Gasteiger partial charge in [0.2, 0.25) is 0 Å². The molecule has 0 aliphatic heterocycles. The maximum atomic E-state index is 12.5. The summed E-state index contributed by atoms with van der Waals surface area (Å²) in [7, 11) is 0. The molecule has 0 radical (unpaired) electrons. The van der Waals surface area contributed by atoms with Gasteiger partial charge in [0, 0.05) is 29.1 Å². The molecule has 6 heteroatoms. The number of aromatic nitrogens is 1. The lowest BCUT2D eigenvalue weighted by atomic mass is 10.0. The molecule has 0 aliphatic rings. The van der Waals surface area contributed by atoms with Gasteiger partial charge in [-0.1, -0.05) is 25.1 Å². The lowest BCUT2D eigenvalue weighted by Gasteiger charge is -2.20. The fourth-order valence-corrected chi connectivity index (χ4v) is 3.00. The van der Waals surface area contributed by atoms with Gasteiger partial charge in [0.1, 0.15) is 5.75 Å². The second-order valence-electron chi connectivity index (χ2n) is 4.61. The van der Waals surface area contributed by atoms with Gasteiger partial charge in [-0.2, -0.15) is 8.78 Å². The van der Waals surface area contributed by atoms with Crippen LogP contribution in [0.1, 0.15) is 29.2 Å². The molecule has 21 heavy (non-hydrogen) atoms. The Balaban J connectivity index is 2.24. The highest BCUT2D eigenvalue weighted by Gasteiger charge is 2.19. The lowest BCUT2D eigenvalue weighted by molar-refractivity contribution is -0.0507. The number of halogens is 2. The van der Waals surface area contributed by atoms with E-state index in [0.717, 1.165) is 22.8 Å². The van der Waals surface area contributed by atoms with Crippen LogP contribution in [-0.2, 0) is 6.42 Å². The van der Waals surface area contributed by atoms with Gasteiger partial charge < -0.3 is 10.1 Å². The summed E-state index contributed by atoms with van der Waals surface area (Å²) < 4.78 is 29.7. The van der Waals surface area contributed by atoms with Gasteiger partial charge in [0.15, 0.2) is 0 Å². The van der Waals surface area contributed by atoms with Crippen LogP contribution in [0, 0.1) is 6.92 Å². The zero-order valence-corrected chi connectivity index (χ0v) is 12.8. The van der Waals surface area contributed by atoms with E-state index in [-0.39, 0.29) is 11.8 Å². The topological polar surface area (TPSA) is 34.2 Å². The van der Waals surface area contributed by atoms with Crippen molar-refractivity contribution in [2.24, 2.45) is 0 Å². The fraction of sp³-hybridized carbons (Fsp3) is 0.400. The maximum Gasteiger partial charge on any atom is 0.387 e. The highest BCUT2D eigenvalue weighted by Crippen LogP contribution is 2.29. The molecule has 114 valence electrons. The summed E-state index contributed by atoms with van der Waals surface area (Å²) >= 11 is 1.58. The molecule has 0 aliphatic carbocycles. The number of nitrogens with zero attached hydrogens (tertiary/aromatic N) is 1. The molecule has 3 nitrogen and oxygen atoms in total.